The Morgan fingerprint density at radius 3 is 2.62 bits per heavy atom. The molecule has 0 aliphatic carbocycles. The highest BCUT2D eigenvalue weighted by Crippen LogP contribution is 2.23. The SMILES string of the molecule is O=C(Nc1ccc(Nc2ccc(F)c(Cl)c2)nc1)C1CCOCC1. The molecule has 0 atom stereocenters. The lowest BCUT2D eigenvalue weighted by Gasteiger charge is -2.21. The quantitative estimate of drug-likeness (QED) is 0.876. The van der Waals surface area contributed by atoms with Gasteiger partial charge in [-0.1, -0.05) is 11.6 Å². The number of ether oxygens (including phenoxy) is 1. The molecule has 7 heteroatoms. The van der Waals surface area contributed by atoms with Gasteiger partial charge in [0, 0.05) is 24.8 Å². The number of aromatic nitrogens is 1. The number of carbonyl (C=O) groups excluding carboxylic acids is 1. The topological polar surface area (TPSA) is 63.2 Å². The van der Waals surface area contributed by atoms with Crippen LogP contribution < -0.4 is 10.6 Å². The van der Waals surface area contributed by atoms with Crippen LogP contribution in [0, 0.1) is 11.7 Å². The Morgan fingerprint density at radius 1 is 1.21 bits per heavy atom. The molecule has 2 heterocycles. The second-order valence-electron chi connectivity index (χ2n) is 5.56. The molecule has 126 valence electrons. The number of rotatable bonds is 4. The van der Waals surface area contributed by atoms with Crippen molar-refractivity contribution in [3.05, 3.63) is 47.4 Å². The first-order valence-electron chi connectivity index (χ1n) is 7.68. The number of nitrogens with zero attached hydrogens (tertiary/aromatic N) is 1. The Morgan fingerprint density at radius 2 is 1.96 bits per heavy atom. The van der Waals surface area contributed by atoms with Gasteiger partial charge in [-0.2, -0.15) is 0 Å². The molecule has 2 aromatic rings. The van der Waals surface area contributed by atoms with E-state index < -0.39 is 5.82 Å². The van der Waals surface area contributed by atoms with E-state index in [4.69, 9.17) is 16.3 Å². The maximum Gasteiger partial charge on any atom is 0.227 e. The number of amides is 1. The molecule has 1 aliphatic heterocycles. The van der Waals surface area contributed by atoms with Crippen molar-refractivity contribution in [2.45, 2.75) is 12.8 Å². The number of nitrogens with one attached hydrogen (secondary N) is 2. The van der Waals surface area contributed by atoms with Crippen molar-refractivity contribution in [2.75, 3.05) is 23.8 Å². The van der Waals surface area contributed by atoms with Crippen molar-refractivity contribution in [2.24, 2.45) is 5.92 Å². The van der Waals surface area contributed by atoms with Crippen molar-refractivity contribution in [1.29, 1.82) is 0 Å². The van der Waals surface area contributed by atoms with Crippen molar-refractivity contribution < 1.29 is 13.9 Å². The summed E-state index contributed by atoms with van der Waals surface area (Å²) in [5.41, 5.74) is 1.27. The van der Waals surface area contributed by atoms with Crippen LogP contribution in [0.1, 0.15) is 12.8 Å². The second-order valence-corrected chi connectivity index (χ2v) is 5.97. The predicted octanol–water partition coefficient (Wildman–Crippen LogP) is 3.98. The maximum absolute atomic E-state index is 13.1. The van der Waals surface area contributed by atoms with Crippen LogP contribution in [0.5, 0.6) is 0 Å². The zero-order valence-electron chi connectivity index (χ0n) is 12.9. The normalized spacial score (nSPS) is 15.1. The van der Waals surface area contributed by atoms with E-state index in [9.17, 15) is 9.18 Å². The second kappa shape index (κ2) is 7.59. The number of carbonyl (C=O) groups is 1. The van der Waals surface area contributed by atoms with E-state index in [1.807, 2.05) is 0 Å². The van der Waals surface area contributed by atoms with Crippen molar-refractivity contribution >= 4 is 34.7 Å². The molecule has 0 bridgehead atoms. The molecule has 2 N–H and O–H groups in total. The van der Waals surface area contributed by atoms with Crippen LogP contribution in [-0.2, 0) is 9.53 Å². The molecule has 24 heavy (non-hydrogen) atoms. The predicted molar refractivity (Wildman–Crippen MR) is 91.1 cm³/mol. The number of hydrogen-bond acceptors (Lipinski definition) is 4. The summed E-state index contributed by atoms with van der Waals surface area (Å²) in [6, 6.07) is 7.84. The van der Waals surface area contributed by atoms with Gasteiger partial charge in [0.25, 0.3) is 0 Å². The lowest BCUT2D eigenvalue weighted by atomic mass is 9.99. The Hall–Kier alpha value is -2.18. The molecule has 0 radical (unpaired) electrons. The van der Waals surface area contributed by atoms with Crippen LogP contribution in [0.4, 0.5) is 21.6 Å². The molecule has 3 rings (SSSR count). The van der Waals surface area contributed by atoms with E-state index >= 15 is 0 Å². The summed E-state index contributed by atoms with van der Waals surface area (Å²) in [5, 5.41) is 5.93. The maximum atomic E-state index is 13.1. The van der Waals surface area contributed by atoms with Gasteiger partial charge >= 0.3 is 0 Å². The minimum Gasteiger partial charge on any atom is -0.381 e. The first-order valence-corrected chi connectivity index (χ1v) is 8.06. The third kappa shape index (κ3) is 4.21. The van der Waals surface area contributed by atoms with Gasteiger partial charge in [-0.25, -0.2) is 9.37 Å². The first kappa shape index (κ1) is 16.7. The largest absolute Gasteiger partial charge is 0.381 e. The molecule has 1 aromatic carbocycles. The van der Waals surface area contributed by atoms with E-state index in [0.717, 1.165) is 12.8 Å². The van der Waals surface area contributed by atoms with Gasteiger partial charge in [0.1, 0.15) is 11.6 Å². The summed E-state index contributed by atoms with van der Waals surface area (Å²) in [5.74, 6) is 0.0760. The van der Waals surface area contributed by atoms with E-state index in [0.29, 0.717) is 30.4 Å². The fourth-order valence-electron chi connectivity index (χ4n) is 2.47. The van der Waals surface area contributed by atoms with Crippen molar-refractivity contribution in [1.82, 2.24) is 4.98 Å². The molecule has 1 saturated heterocycles. The lowest BCUT2D eigenvalue weighted by molar-refractivity contribution is -0.122. The number of halogens is 2. The minimum absolute atomic E-state index is 0.00822. The standard InChI is InChI=1S/C17H17ClFN3O2/c18-14-9-12(1-3-15(14)19)21-16-4-2-13(10-20-16)22-17(23)11-5-7-24-8-6-11/h1-4,9-11H,5-8H2,(H,20,21)(H,22,23). The highest BCUT2D eigenvalue weighted by atomic mass is 35.5. The molecule has 1 fully saturated rings. The van der Waals surface area contributed by atoms with Crippen molar-refractivity contribution in [3.8, 4) is 0 Å². The smallest absolute Gasteiger partial charge is 0.227 e. The Kier molecular flexibility index (Phi) is 5.27. The van der Waals surface area contributed by atoms with Crippen LogP contribution in [0.15, 0.2) is 36.5 Å². The zero-order chi connectivity index (χ0) is 16.9. The number of pyridine rings is 1. The van der Waals surface area contributed by atoms with Crippen LogP contribution in [0.3, 0.4) is 0 Å². The molecular formula is C17H17ClFN3O2. The van der Waals surface area contributed by atoms with Gasteiger partial charge in [0.05, 0.1) is 16.9 Å². The molecule has 5 nitrogen and oxygen atoms in total. The van der Waals surface area contributed by atoms with Crippen molar-refractivity contribution in [3.63, 3.8) is 0 Å². The molecule has 1 aromatic heterocycles. The van der Waals surface area contributed by atoms with Crippen LogP contribution in [-0.4, -0.2) is 24.1 Å². The lowest BCUT2D eigenvalue weighted by Crippen LogP contribution is -2.28. The number of benzene rings is 1. The van der Waals surface area contributed by atoms with Crippen LogP contribution in [0.2, 0.25) is 5.02 Å². The van der Waals surface area contributed by atoms with Gasteiger partial charge in [0.2, 0.25) is 5.91 Å². The fourth-order valence-corrected chi connectivity index (χ4v) is 2.65. The average Bonchev–Trinajstić information content (AvgIpc) is 2.61. The van der Waals surface area contributed by atoms with Crippen LogP contribution >= 0.6 is 11.6 Å². The van der Waals surface area contributed by atoms with Crippen LogP contribution in [0.25, 0.3) is 0 Å². The summed E-state index contributed by atoms with van der Waals surface area (Å²) >= 11 is 5.74. The third-order valence-corrected chi connectivity index (χ3v) is 4.10. The summed E-state index contributed by atoms with van der Waals surface area (Å²) in [4.78, 5) is 16.4. The Bertz CT molecular complexity index is 718. The molecule has 0 unspecified atom stereocenters. The summed E-state index contributed by atoms with van der Waals surface area (Å²) in [6.07, 6.45) is 3.05. The van der Waals surface area contributed by atoms with Gasteiger partial charge in [0.15, 0.2) is 0 Å². The fraction of sp³-hybridized carbons (Fsp3) is 0.294. The molecular weight excluding hydrogens is 333 g/mol. The van der Waals surface area contributed by atoms with Gasteiger partial charge in [-0.3, -0.25) is 4.79 Å². The monoisotopic (exact) mass is 349 g/mol. The summed E-state index contributed by atoms with van der Waals surface area (Å²) in [6.45, 7) is 1.25. The molecule has 0 spiro atoms. The zero-order valence-corrected chi connectivity index (χ0v) is 13.6. The van der Waals surface area contributed by atoms with E-state index in [-0.39, 0.29) is 16.8 Å². The summed E-state index contributed by atoms with van der Waals surface area (Å²) in [7, 11) is 0. The third-order valence-electron chi connectivity index (χ3n) is 3.82. The Labute approximate surface area is 144 Å². The number of anilines is 3. The van der Waals surface area contributed by atoms with Gasteiger partial charge < -0.3 is 15.4 Å². The average molecular weight is 350 g/mol. The first-order chi connectivity index (χ1) is 11.6. The molecule has 1 amide bonds. The van der Waals surface area contributed by atoms with Gasteiger partial charge in [-0.05, 0) is 43.2 Å². The van der Waals surface area contributed by atoms with E-state index in [1.165, 1.54) is 12.1 Å². The number of hydrogen-bond donors (Lipinski definition) is 2. The van der Waals surface area contributed by atoms with E-state index in [2.05, 4.69) is 15.6 Å². The summed E-state index contributed by atoms with van der Waals surface area (Å²) < 4.78 is 18.4. The minimum atomic E-state index is -0.471. The Balaban J connectivity index is 1.60. The molecule has 0 saturated carbocycles. The molecule has 1 aliphatic rings. The van der Waals surface area contributed by atoms with E-state index in [1.54, 1.807) is 24.4 Å². The highest BCUT2D eigenvalue weighted by Gasteiger charge is 2.21. The van der Waals surface area contributed by atoms with Gasteiger partial charge in [-0.15, -0.1) is 0 Å². The highest BCUT2D eigenvalue weighted by molar-refractivity contribution is 6.31.